The van der Waals surface area contributed by atoms with Gasteiger partial charge in [0.15, 0.2) is 0 Å². The van der Waals surface area contributed by atoms with Crippen LogP contribution in [0.1, 0.15) is 26.7 Å². The van der Waals surface area contributed by atoms with Crippen LogP contribution in [0.15, 0.2) is 41.5 Å². The van der Waals surface area contributed by atoms with E-state index in [1.807, 2.05) is 6.92 Å². The van der Waals surface area contributed by atoms with Crippen molar-refractivity contribution in [2.75, 3.05) is 5.32 Å². The molecule has 1 atom stereocenters. The maximum Gasteiger partial charge on any atom is 0.330 e. The lowest BCUT2D eigenvalue weighted by atomic mass is 9.96. The van der Waals surface area contributed by atoms with Gasteiger partial charge in [0.25, 0.3) is 0 Å². The summed E-state index contributed by atoms with van der Waals surface area (Å²) in [5.41, 5.74) is 6.27. The zero-order valence-corrected chi connectivity index (χ0v) is 12.2. The number of amides is 1. The standard InChI is InChI=1S/C15H20N4O2/c1-3-8-15(2,16)13(20)18-11-4-6-12(7-5-11)19-10-9-17-14(19)21/h4-7,9-10H,3,8,16H2,1-2H3,(H,17,21)(H,18,20). The summed E-state index contributed by atoms with van der Waals surface area (Å²) >= 11 is 0. The molecule has 0 aliphatic rings. The summed E-state index contributed by atoms with van der Waals surface area (Å²) in [5.74, 6) is -0.212. The quantitative estimate of drug-likeness (QED) is 0.780. The van der Waals surface area contributed by atoms with Gasteiger partial charge in [-0.2, -0.15) is 0 Å². The van der Waals surface area contributed by atoms with E-state index in [0.717, 1.165) is 12.1 Å². The number of hydrogen-bond donors (Lipinski definition) is 3. The lowest BCUT2D eigenvalue weighted by molar-refractivity contribution is -0.120. The van der Waals surface area contributed by atoms with E-state index >= 15 is 0 Å². The Kier molecular flexibility index (Phi) is 4.28. The summed E-state index contributed by atoms with van der Waals surface area (Å²) in [6, 6.07) is 7.01. The van der Waals surface area contributed by atoms with Gasteiger partial charge in [0.1, 0.15) is 0 Å². The second kappa shape index (κ2) is 5.97. The average Bonchev–Trinajstić information content (AvgIpc) is 2.86. The molecule has 21 heavy (non-hydrogen) atoms. The monoisotopic (exact) mass is 288 g/mol. The highest BCUT2D eigenvalue weighted by Crippen LogP contribution is 2.15. The van der Waals surface area contributed by atoms with Crippen molar-refractivity contribution < 1.29 is 4.79 Å². The third kappa shape index (κ3) is 3.41. The van der Waals surface area contributed by atoms with Gasteiger partial charge in [-0.1, -0.05) is 13.3 Å². The highest BCUT2D eigenvalue weighted by Gasteiger charge is 2.27. The fourth-order valence-electron chi connectivity index (χ4n) is 2.14. The van der Waals surface area contributed by atoms with Crippen molar-refractivity contribution in [3.8, 4) is 5.69 Å². The van der Waals surface area contributed by atoms with Gasteiger partial charge < -0.3 is 16.0 Å². The first kappa shape index (κ1) is 15.1. The maximum absolute atomic E-state index is 12.1. The molecule has 6 nitrogen and oxygen atoms in total. The molecule has 0 aliphatic carbocycles. The number of nitrogens with two attached hydrogens (primary N) is 1. The normalized spacial score (nSPS) is 13.7. The van der Waals surface area contributed by atoms with Gasteiger partial charge >= 0.3 is 5.69 Å². The Labute approximate surface area is 123 Å². The molecular formula is C15H20N4O2. The van der Waals surface area contributed by atoms with E-state index in [0.29, 0.717) is 12.1 Å². The summed E-state index contributed by atoms with van der Waals surface area (Å²) in [5, 5.41) is 2.79. The zero-order chi connectivity index (χ0) is 15.5. The molecule has 0 saturated heterocycles. The Balaban J connectivity index is 2.12. The highest BCUT2D eigenvalue weighted by atomic mass is 16.2. The van der Waals surface area contributed by atoms with Crippen molar-refractivity contribution in [1.29, 1.82) is 0 Å². The molecule has 1 unspecified atom stereocenters. The number of imidazole rings is 1. The fraction of sp³-hybridized carbons (Fsp3) is 0.333. The number of nitrogens with zero attached hydrogens (tertiary/aromatic N) is 1. The fourth-order valence-corrected chi connectivity index (χ4v) is 2.14. The van der Waals surface area contributed by atoms with Crippen LogP contribution in [0.4, 0.5) is 5.69 Å². The molecule has 0 saturated carbocycles. The van der Waals surface area contributed by atoms with Crippen LogP contribution in [0.2, 0.25) is 0 Å². The van der Waals surface area contributed by atoms with Crippen LogP contribution in [-0.4, -0.2) is 21.0 Å². The number of carbonyl (C=O) groups excluding carboxylic acids is 1. The van der Waals surface area contributed by atoms with E-state index in [-0.39, 0.29) is 11.6 Å². The lowest BCUT2D eigenvalue weighted by Crippen LogP contribution is -2.48. The van der Waals surface area contributed by atoms with Gasteiger partial charge in [-0.25, -0.2) is 4.79 Å². The highest BCUT2D eigenvalue weighted by molar-refractivity contribution is 5.97. The topological polar surface area (TPSA) is 92.9 Å². The number of H-pyrrole nitrogens is 1. The number of carbonyl (C=O) groups is 1. The molecule has 6 heteroatoms. The van der Waals surface area contributed by atoms with E-state index in [2.05, 4.69) is 10.3 Å². The van der Waals surface area contributed by atoms with E-state index in [1.165, 1.54) is 4.57 Å². The van der Waals surface area contributed by atoms with Gasteiger partial charge in [0.2, 0.25) is 5.91 Å². The second-order valence-electron chi connectivity index (χ2n) is 5.30. The summed E-state index contributed by atoms with van der Waals surface area (Å²) in [4.78, 5) is 26.2. The van der Waals surface area contributed by atoms with Crippen molar-refractivity contribution >= 4 is 11.6 Å². The number of anilines is 1. The van der Waals surface area contributed by atoms with Crippen LogP contribution < -0.4 is 16.7 Å². The van der Waals surface area contributed by atoms with Gasteiger partial charge in [0.05, 0.1) is 11.2 Å². The van der Waals surface area contributed by atoms with Crippen molar-refractivity contribution in [2.45, 2.75) is 32.2 Å². The van der Waals surface area contributed by atoms with Crippen LogP contribution >= 0.6 is 0 Å². The third-order valence-corrected chi connectivity index (χ3v) is 3.34. The van der Waals surface area contributed by atoms with Crippen LogP contribution in [0.25, 0.3) is 5.69 Å². The van der Waals surface area contributed by atoms with Gasteiger partial charge in [-0.05, 0) is 37.6 Å². The van der Waals surface area contributed by atoms with Gasteiger partial charge in [0, 0.05) is 18.1 Å². The SMILES string of the molecule is CCCC(C)(N)C(=O)Nc1ccc(-n2cc[nH]c2=O)cc1. The lowest BCUT2D eigenvalue weighted by Gasteiger charge is -2.22. The van der Waals surface area contributed by atoms with Crippen LogP contribution in [-0.2, 0) is 4.79 Å². The first-order chi connectivity index (χ1) is 9.94. The molecule has 112 valence electrons. The Morgan fingerprint density at radius 1 is 1.38 bits per heavy atom. The largest absolute Gasteiger partial charge is 0.330 e. The Bertz CT molecular complexity index is 667. The summed E-state index contributed by atoms with van der Waals surface area (Å²) < 4.78 is 1.48. The third-order valence-electron chi connectivity index (χ3n) is 3.34. The molecular weight excluding hydrogens is 268 g/mol. The van der Waals surface area contributed by atoms with Crippen LogP contribution in [0.3, 0.4) is 0 Å². The Morgan fingerprint density at radius 3 is 2.57 bits per heavy atom. The summed E-state index contributed by atoms with van der Waals surface area (Å²) in [6.45, 7) is 3.71. The summed E-state index contributed by atoms with van der Waals surface area (Å²) in [6.07, 6.45) is 4.68. The van der Waals surface area contributed by atoms with E-state index in [4.69, 9.17) is 5.73 Å². The first-order valence-electron chi connectivity index (χ1n) is 6.91. The van der Waals surface area contributed by atoms with Crippen molar-refractivity contribution in [1.82, 2.24) is 9.55 Å². The van der Waals surface area contributed by atoms with Crippen molar-refractivity contribution in [3.63, 3.8) is 0 Å². The average molecular weight is 288 g/mol. The first-order valence-corrected chi connectivity index (χ1v) is 6.91. The minimum Gasteiger partial charge on any atom is -0.325 e. The molecule has 1 aromatic carbocycles. The molecule has 2 aromatic rings. The minimum atomic E-state index is -0.884. The molecule has 1 heterocycles. The molecule has 0 fully saturated rings. The number of benzene rings is 1. The Morgan fingerprint density at radius 2 is 2.05 bits per heavy atom. The predicted octanol–water partition coefficient (Wildman–Crippen LogP) is 1.62. The number of hydrogen-bond acceptors (Lipinski definition) is 3. The summed E-state index contributed by atoms with van der Waals surface area (Å²) in [7, 11) is 0. The predicted molar refractivity (Wildman–Crippen MR) is 82.5 cm³/mol. The maximum atomic E-state index is 12.1. The molecule has 0 aliphatic heterocycles. The molecule has 4 N–H and O–H groups in total. The van der Waals surface area contributed by atoms with Crippen molar-refractivity contribution in [3.05, 3.63) is 47.1 Å². The molecule has 1 aromatic heterocycles. The Hall–Kier alpha value is -2.34. The van der Waals surface area contributed by atoms with E-state index in [1.54, 1.807) is 43.6 Å². The van der Waals surface area contributed by atoms with Gasteiger partial charge in [-0.3, -0.25) is 9.36 Å². The van der Waals surface area contributed by atoms with Crippen LogP contribution in [0.5, 0.6) is 0 Å². The van der Waals surface area contributed by atoms with E-state index < -0.39 is 5.54 Å². The number of nitrogens with one attached hydrogen (secondary N) is 2. The van der Waals surface area contributed by atoms with E-state index in [9.17, 15) is 9.59 Å². The second-order valence-corrected chi connectivity index (χ2v) is 5.30. The number of rotatable bonds is 5. The minimum absolute atomic E-state index is 0.204. The zero-order valence-electron chi connectivity index (χ0n) is 12.2. The van der Waals surface area contributed by atoms with Crippen LogP contribution in [0, 0.1) is 0 Å². The number of aromatic amines is 1. The van der Waals surface area contributed by atoms with Gasteiger partial charge in [-0.15, -0.1) is 0 Å². The molecule has 0 bridgehead atoms. The smallest absolute Gasteiger partial charge is 0.325 e. The molecule has 2 rings (SSSR count). The molecule has 0 radical (unpaired) electrons. The number of aromatic nitrogens is 2. The van der Waals surface area contributed by atoms with Crippen molar-refractivity contribution in [2.24, 2.45) is 5.73 Å². The molecule has 0 spiro atoms. The molecule has 1 amide bonds.